The number of likely N-dealkylation sites (N-methyl/N-ethyl adjacent to an activating group) is 2. The summed E-state index contributed by atoms with van der Waals surface area (Å²) in [5.74, 6) is -4.62. The van der Waals surface area contributed by atoms with Crippen LogP contribution in [0.2, 0.25) is 0 Å². The minimum Gasteiger partial charge on any atom is -0.351 e. The molecule has 78 heavy (non-hydrogen) atoms. The second kappa shape index (κ2) is 27.9. The van der Waals surface area contributed by atoms with Crippen molar-refractivity contribution >= 4 is 78.0 Å². The first-order chi connectivity index (χ1) is 35.8. The first-order valence-electron chi connectivity index (χ1n) is 27.0. The lowest BCUT2D eigenvalue weighted by Crippen LogP contribution is -2.60. The predicted molar refractivity (Wildman–Crippen MR) is 301 cm³/mol. The summed E-state index contributed by atoms with van der Waals surface area (Å²) in [4.78, 5) is 129. The average molecular weight is 1130 g/mol. The van der Waals surface area contributed by atoms with Crippen molar-refractivity contribution in [1.82, 2.24) is 57.7 Å². The summed E-state index contributed by atoms with van der Waals surface area (Å²) in [7, 11) is 3.27. The van der Waals surface area contributed by atoms with Crippen LogP contribution in [0.3, 0.4) is 0 Å². The van der Waals surface area contributed by atoms with Crippen LogP contribution in [0.5, 0.6) is 0 Å². The molecule has 2 heterocycles. The summed E-state index contributed by atoms with van der Waals surface area (Å²) in [5.41, 5.74) is 2.69. The van der Waals surface area contributed by atoms with Crippen LogP contribution in [0.25, 0.3) is 0 Å². The largest absolute Gasteiger partial charge is 0.351 e. The SMILES string of the molecule is CN[C@@H](C)C(=O)N[C@H](C(=O)N1C[C@@H](NC(=O)C[C@H](NC(C)=O)C(=O)N[C@H]2C[C@@H](C(=O)N[C@@H]3CCCc4ccccc43)N(C(=O)[C@@H](NC(=O)[C@H](C)NC)C(C)(C)C)C2)C[C@H]1C(=O)N[C@@H]1CCCc2ccccc21)C(C)(C)C.Cl.Cl. The number of halogens is 2. The van der Waals surface area contributed by atoms with Crippen LogP contribution in [-0.2, 0) is 56.0 Å². The molecule has 6 rings (SSSR count). The van der Waals surface area contributed by atoms with E-state index in [0.717, 1.165) is 47.9 Å². The van der Waals surface area contributed by atoms with Gasteiger partial charge in [0, 0.05) is 32.1 Å². The zero-order chi connectivity index (χ0) is 55.8. The van der Waals surface area contributed by atoms with E-state index in [1.54, 1.807) is 27.9 Å². The molecule has 2 aromatic carbocycles. The molecule has 0 saturated carbocycles. The van der Waals surface area contributed by atoms with Crippen LogP contribution >= 0.6 is 24.8 Å². The number of hydrogen-bond donors (Lipinski definition) is 9. The maximum atomic E-state index is 14.7. The number of likely N-dealkylation sites (tertiary alicyclic amines) is 2. The summed E-state index contributed by atoms with van der Waals surface area (Å²) in [6.07, 6.45) is 4.34. The zero-order valence-corrected chi connectivity index (χ0v) is 48.8. The van der Waals surface area contributed by atoms with Crippen LogP contribution in [0, 0.1) is 10.8 Å². The number of carbonyl (C=O) groups is 9. The average Bonchev–Trinajstić information content (AvgIpc) is 4.01. The Bertz CT molecular complexity index is 2500. The molecule has 22 heteroatoms. The molecule has 0 aromatic heterocycles. The molecule has 0 radical (unpaired) electrons. The van der Waals surface area contributed by atoms with Gasteiger partial charge < -0.3 is 57.7 Å². The number of carbonyl (C=O) groups excluding carboxylic acids is 9. The Morgan fingerprint density at radius 3 is 1.35 bits per heavy atom. The van der Waals surface area contributed by atoms with Crippen molar-refractivity contribution in [3.05, 3.63) is 70.8 Å². The summed E-state index contributed by atoms with van der Waals surface area (Å²) < 4.78 is 0. The second-order valence-corrected chi connectivity index (χ2v) is 23.4. The summed E-state index contributed by atoms with van der Waals surface area (Å²) >= 11 is 0. The van der Waals surface area contributed by atoms with Gasteiger partial charge in [0.05, 0.1) is 30.6 Å². The topological polar surface area (TPSA) is 268 Å². The van der Waals surface area contributed by atoms with E-state index in [4.69, 9.17) is 0 Å². The fraction of sp³-hybridized carbons (Fsp3) is 0.625. The van der Waals surface area contributed by atoms with Crippen molar-refractivity contribution in [3.63, 3.8) is 0 Å². The molecule has 2 aromatic rings. The number of amides is 9. The van der Waals surface area contributed by atoms with Gasteiger partial charge in [0.1, 0.15) is 30.2 Å². The third-order valence-corrected chi connectivity index (χ3v) is 15.4. The van der Waals surface area contributed by atoms with Crippen LogP contribution < -0.4 is 47.9 Å². The quantitative estimate of drug-likeness (QED) is 0.105. The molecule has 2 saturated heterocycles. The lowest BCUT2D eigenvalue weighted by molar-refractivity contribution is -0.144. The summed E-state index contributed by atoms with van der Waals surface area (Å²) in [5, 5.41) is 26.3. The minimum atomic E-state index is -1.41. The molecule has 0 bridgehead atoms. The monoisotopic (exact) mass is 1130 g/mol. The Morgan fingerprint density at radius 1 is 0.564 bits per heavy atom. The van der Waals surface area contributed by atoms with Gasteiger partial charge in [0.2, 0.25) is 53.2 Å². The molecular formula is C56H85Cl2N11O9. The standard InChI is InChI=1S/C56H83N11O9.2ClH/c1-31(57-10)48(70)64-46(55(4,5)6)53(75)66-29-36(26-43(66)51(73)62-40-24-16-20-34-18-12-14-22-38(34)40)60-45(69)28-42(59-33(3)68)50(72)61-37-27-44(52(74)63-41-25-17-21-35-19-13-15-23-39(35)41)67(30-37)54(76)47(56(7,8)9)65-49(71)32(2)58-11;;/h12-15,18-19,22-23,31-32,36-37,40-44,46-47,57-58H,16-17,20-21,24-30H2,1-11H3,(H,59,68)(H,60,69)(H,61,72)(H,62,73)(H,63,74)(H,64,70)(H,65,71);2*1H/t31-,32-,36-,37-,40+,41+,42-,43-,44-,46+,47+;;/m0../s1. The van der Waals surface area contributed by atoms with Crippen molar-refractivity contribution < 1.29 is 43.2 Å². The van der Waals surface area contributed by atoms with Gasteiger partial charge in [-0.15, -0.1) is 24.8 Å². The number of nitrogens with zero attached hydrogens (tertiary/aromatic N) is 2. The van der Waals surface area contributed by atoms with Crippen LogP contribution in [0.15, 0.2) is 48.5 Å². The number of nitrogens with one attached hydrogen (secondary N) is 9. The lowest BCUT2D eigenvalue weighted by atomic mass is 9.85. The van der Waals surface area contributed by atoms with Crippen LogP contribution in [0.1, 0.15) is 142 Å². The smallest absolute Gasteiger partial charge is 0.246 e. The van der Waals surface area contributed by atoms with Gasteiger partial charge in [-0.05, 0) is 112 Å². The molecule has 4 aliphatic rings. The molecule has 0 spiro atoms. The number of fused-ring (bicyclic) bond motifs is 2. The maximum Gasteiger partial charge on any atom is 0.246 e. The summed E-state index contributed by atoms with van der Waals surface area (Å²) in [6.45, 7) is 15.2. The highest BCUT2D eigenvalue weighted by atomic mass is 35.5. The van der Waals surface area contributed by atoms with Gasteiger partial charge in [-0.3, -0.25) is 43.2 Å². The number of benzene rings is 2. The Labute approximate surface area is 472 Å². The molecule has 0 unspecified atom stereocenters. The van der Waals surface area contributed by atoms with E-state index in [1.807, 2.05) is 90.1 Å². The van der Waals surface area contributed by atoms with E-state index in [0.29, 0.717) is 12.8 Å². The number of aryl methyl sites for hydroxylation is 2. The highest BCUT2D eigenvalue weighted by Crippen LogP contribution is 2.34. The minimum absolute atomic E-state index is 0. The normalized spacial score (nSPS) is 22.7. The van der Waals surface area contributed by atoms with Gasteiger partial charge in [0.25, 0.3) is 0 Å². The van der Waals surface area contributed by atoms with E-state index in [2.05, 4.69) is 47.9 Å². The fourth-order valence-electron chi connectivity index (χ4n) is 10.9. The van der Waals surface area contributed by atoms with E-state index >= 15 is 0 Å². The zero-order valence-electron chi connectivity index (χ0n) is 47.1. The Hall–Kier alpha value is -5.83. The highest BCUT2D eigenvalue weighted by molar-refractivity contribution is 5.97. The predicted octanol–water partition coefficient (Wildman–Crippen LogP) is 2.56. The van der Waals surface area contributed by atoms with Gasteiger partial charge >= 0.3 is 0 Å². The van der Waals surface area contributed by atoms with Crippen LogP contribution in [0.4, 0.5) is 0 Å². The molecule has 2 fully saturated rings. The molecular weight excluding hydrogens is 1040 g/mol. The fourth-order valence-corrected chi connectivity index (χ4v) is 10.9. The first-order valence-corrected chi connectivity index (χ1v) is 27.0. The molecule has 2 aliphatic carbocycles. The molecule has 2 aliphatic heterocycles. The van der Waals surface area contributed by atoms with Crippen LogP contribution in [-0.4, -0.2) is 145 Å². The summed E-state index contributed by atoms with van der Waals surface area (Å²) in [6, 6.07) is 6.81. The number of rotatable bonds is 18. The lowest BCUT2D eigenvalue weighted by Gasteiger charge is -2.36. The van der Waals surface area contributed by atoms with E-state index in [9.17, 15) is 43.2 Å². The Balaban J connectivity index is 0.00000656. The first kappa shape index (κ1) is 64.7. The van der Waals surface area contributed by atoms with Gasteiger partial charge in [0.15, 0.2) is 0 Å². The van der Waals surface area contributed by atoms with Crippen molar-refractivity contribution in [1.29, 1.82) is 0 Å². The van der Waals surface area contributed by atoms with Crippen molar-refractivity contribution in [3.8, 4) is 0 Å². The molecule has 9 N–H and O–H groups in total. The van der Waals surface area contributed by atoms with Gasteiger partial charge in [-0.25, -0.2) is 0 Å². The molecule has 432 valence electrons. The Kier molecular flexibility index (Phi) is 23.1. The van der Waals surface area contributed by atoms with E-state index in [1.165, 1.54) is 16.7 Å². The van der Waals surface area contributed by atoms with E-state index < -0.39 is 125 Å². The molecule has 9 amide bonds. The third-order valence-electron chi connectivity index (χ3n) is 15.4. The van der Waals surface area contributed by atoms with Gasteiger partial charge in [-0.2, -0.15) is 0 Å². The Morgan fingerprint density at radius 2 is 0.962 bits per heavy atom. The second-order valence-electron chi connectivity index (χ2n) is 23.4. The molecule has 20 nitrogen and oxygen atoms in total. The maximum absolute atomic E-state index is 14.7. The van der Waals surface area contributed by atoms with Crippen molar-refractivity contribution in [2.45, 2.75) is 187 Å². The van der Waals surface area contributed by atoms with Gasteiger partial charge in [-0.1, -0.05) is 90.1 Å². The number of hydrogen-bond acceptors (Lipinski definition) is 11. The highest BCUT2D eigenvalue weighted by Gasteiger charge is 2.48. The molecule has 11 atom stereocenters. The van der Waals surface area contributed by atoms with Crippen molar-refractivity contribution in [2.24, 2.45) is 10.8 Å². The third kappa shape index (κ3) is 16.2. The van der Waals surface area contributed by atoms with Crippen molar-refractivity contribution in [2.75, 3.05) is 27.2 Å². The van der Waals surface area contributed by atoms with E-state index in [-0.39, 0.29) is 62.8 Å².